The zero-order valence-electron chi connectivity index (χ0n) is 12.2. The highest BCUT2D eigenvalue weighted by atomic mass is 16.5. The summed E-state index contributed by atoms with van der Waals surface area (Å²) >= 11 is 0. The minimum absolute atomic E-state index is 0.0891. The number of hydrogen-bond donors (Lipinski definition) is 2. The van der Waals surface area contributed by atoms with Gasteiger partial charge in [-0.05, 0) is 31.0 Å². The number of fused-ring (bicyclic) bond motifs is 2. The van der Waals surface area contributed by atoms with Crippen LogP contribution < -0.4 is 10.1 Å². The first-order valence-corrected chi connectivity index (χ1v) is 7.63. The van der Waals surface area contributed by atoms with E-state index in [2.05, 4.69) is 5.32 Å². The molecular formula is C16H18N2O4. The third-order valence-electron chi connectivity index (χ3n) is 4.86. The second-order valence-electron chi connectivity index (χ2n) is 6.32. The lowest BCUT2D eigenvalue weighted by molar-refractivity contribution is 0.0482. The maximum absolute atomic E-state index is 12.6. The summed E-state index contributed by atoms with van der Waals surface area (Å²) in [6, 6.07) is 4.99. The highest BCUT2D eigenvalue weighted by Crippen LogP contribution is 2.49. The van der Waals surface area contributed by atoms with E-state index in [4.69, 9.17) is 4.74 Å². The van der Waals surface area contributed by atoms with E-state index in [-0.39, 0.29) is 17.7 Å². The van der Waals surface area contributed by atoms with Gasteiger partial charge in [0, 0.05) is 24.6 Å². The molecule has 1 aromatic carbocycles. The van der Waals surface area contributed by atoms with Crippen LogP contribution in [0.4, 0.5) is 0 Å². The van der Waals surface area contributed by atoms with E-state index >= 15 is 0 Å². The Morgan fingerprint density at radius 2 is 2.32 bits per heavy atom. The van der Waals surface area contributed by atoms with Gasteiger partial charge in [-0.25, -0.2) is 0 Å². The van der Waals surface area contributed by atoms with Crippen molar-refractivity contribution in [3.05, 3.63) is 29.3 Å². The summed E-state index contributed by atoms with van der Waals surface area (Å²) in [5.41, 5.74) is 0.368. The Kier molecular flexibility index (Phi) is 2.91. The first kappa shape index (κ1) is 13.6. The van der Waals surface area contributed by atoms with Crippen LogP contribution in [-0.2, 0) is 0 Å². The number of carbonyl (C=O) groups is 2. The second kappa shape index (κ2) is 4.71. The zero-order chi connectivity index (χ0) is 15.3. The van der Waals surface area contributed by atoms with Gasteiger partial charge in [-0.15, -0.1) is 0 Å². The van der Waals surface area contributed by atoms with E-state index in [1.54, 1.807) is 23.1 Å². The molecule has 2 N–H and O–H groups in total. The summed E-state index contributed by atoms with van der Waals surface area (Å²) in [7, 11) is 0. The predicted octanol–water partition coefficient (Wildman–Crippen LogP) is 0.406. The smallest absolute Gasteiger partial charge is 0.255 e. The van der Waals surface area contributed by atoms with Crippen molar-refractivity contribution in [2.24, 2.45) is 5.92 Å². The van der Waals surface area contributed by atoms with Gasteiger partial charge in [0.2, 0.25) is 0 Å². The number of hydrogen-bond acceptors (Lipinski definition) is 4. The molecule has 1 aliphatic carbocycles. The molecular weight excluding hydrogens is 284 g/mol. The fourth-order valence-corrected chi connectivity index (χ4v) is 3.35. The molecule has 6 heteroatoms. The topological polar surface area (TPSA) is 78.9 Å². The van der Waals surface area contributed by atoms with Gasteiger partial charge in [-0.1, -0.05) is 0 Å². The van der Waals surface area contributed by atoms with E-state index < -0.39 is 5.60 Å². The number of carbonyl (C=O) groups excluding carboxylic acids is 2. The molecule has 2 heterocycles. The predicted molar refractivity (Wildman–Crippen MR) is 77.8 cm³/mol. The third kappa shape index (κ3) is 2.14. The Balaban J connectivity index is 1.57. The Morgan fingerprint density at radius 1 is 1.45 bits per heavy atom. The number of amides is 2. The minimum Gasteiger partial charge on any atom is -0.491 e. The minimum atomic E-state index is -0.529. The van der Waals surface area contributed by atoms with Crippen LogP contribution in [0.3, 0.4) is 0 Å². The van der Waals surface area contributed by atoms with Crippen molar-refractivity contribution in [2.75, 3.05) is 26.2 Å². The molecule has 0 spiro atoms. The lowest BCUT2D eigenvalue weighted by atomic mass is 10.0. The molecule has 4 rings (SSSR count). The number of ether oxygens (including phenoxy) is 1. The molecule has 0 unspecified atom stereocenters. The molecule has 22 heavy (non-hydrogen) atoms. The molecule has 1 aromatic rings. The Bertz CT molecular complexity index is 660. The van der Waals surface area contributed by atoms with Crippen molar-refractivity contribution < 1.29 is 19.4 Å². The number of rotatable bonds is 1. The molecule has 0 aromatic heterocycles. The molecule has 0 radical (unpaired) electrons. The Morgan fingerprint density at radius 3 is 3.14 bits per heavy atom. The highest BCUT2D eigenvalue weighted by molar-refractivity contribution is 6.01. The fraction of sp³-hybridized carbons (Fsp3) is 0.500. The molecule has 0 bridgehead atoms. The van der Waals surface area contributed by atoms with Crippen LogP contribution in [0.2, 0.25) is 0 Å². The van der Waals surface area contributed by atoms with Gasteiger partial charge in [0.05, 0.1) is 17.7 Å². The molecule has 6 nitrogen and oxygen atoms in total. The number of nitrogens with zero attached hydrogens (tertiary/aromatic N) is 1. The van der Waals surface area contributed by atoms with Crippen LogP contribution in [0.1, 0.15) is 33.6 Å². The van der Waals surface area contributed by atoms with Crippen molar-refractivity contribution in [1.82, 2.24) is 10.2 Å². The number of benzene rings is 1. The Labute approximate surface area is 128 Å². The van der Waals surface area contributed by atoms with E-state index in [1.807, 2.05) is 0 Å². The fourth-order valence-electron chi connectivity index (χ4n) is 3.35. The molecule has 3 aliphatic rings. The quantitative estimate of drug-likeness (QED) is 0.787. The van der Waals surface area contributed by atoms with Gasteiger partial charge >= 0.3 is 0 Å². The van der Waals surface area contributed by atoms with E-state index in [0.717, 1.165) is 6.42 Å². The summed E-state index contributed by atoms with van der Waals surface area (Å²) in [6.07, 6.45) is 1.43. The number of nitrogens with one attached hydrogen (secondary N) is 1. The monoisotopic (exact) mass is 302 g/mol. The molecule has 2 aliphatic heterocycles. The van der Waals surface area contributed by atoms with Crippen molar-refractivity contribution in [3.8, 4) is 5.75 Å². The first-order valence-electron chi connectivity index (χ1n) is 7.63. The van der Waals surface area contributed by atoms with Gasteiger partial charge in [-0.3, -0.25) is 9.59 Å². The van der Waals surface area contributed by atoms with Crippen LogP contribution in [0.25, 0.3) is 0 Å². The zero-order valence-corrected chi connectivity index (χ0v) is 12.2. The van der Waals surface area contributed by atoms with Gasteiger partial charge in [0.1, 0.15) is 12.4 Å². The number of likely N-dealkylation sites (tertiary alicyclic amines) is 1. The van der Waals surface area contributed by atoms with Gasteiger partial charge < -0.3 is 20.1 Å². The van der Waals surface area contributed by atoms with Crippen molar-refractivity contribution in [2.45, 2.75) is 18.4 Å². The molecule has 1 saturated carbocycles. The molecule has 2 fully saturated rings. The van der Waals surface area contributed by atoms with Crippen LogP contribution in [-0.4, -0.2) is 53.7 Å². The van der Waals surface area contributed by atoms with Crippen LogP contribution in [0.15, 0.2) is 18.2 Å². The average Bonchev–Trinajstić information content (AvgIpc) is 3.23. The Hall–Kier alpha value is -2.08. The van der Waals surface area contributed by atoms with E-state index in [1.165, 1.54) is 0 Å². The highest BCUT2D eigenvalue weighted by Gasteiger charge is 2.56. The van der Waals surface area contributed by atoms with Crippen molar-refractivity contribution in [1.29, 1.82) is 0 Å². The normalized spacial score (nSPS) is 29.6. The van der Waals surface area contributed by atoms with Gasteiger partial charge in [0.25, 0.3) is 11.8 Å². The maximum atomic E-state index is 12.6. The summed E-state index contributed by atoms with van der Waals surface area (Å²) in [4.78, 5) is 26.4. The molecule has 2 atom stereocenters. The van der Waals surface area contributed by atoms with Crippen LogP contribution in [0.5, 0.6) is 5.75 Å². The summed E-state index contributed by atoms with van der Waals surface area (Å²) < 4.78 is 5.49. The maximum Gasteiger partial charge on any atom is 0.255 e. The third-order valence-corrected chi connectivity index (χ3v) is 4.86. The lowest BCUT2D eigenvalue weighted by Gasteiger charge is -2.29. The average molecular weight is 302 g/mol. The van der Waals surface area contributed by atoms with E-state index in [9.17, 15) is 14.7 Å². The van der Waals surface area contributed by atoms with Crippen LogP contribution >= 0.6 is 0 Å². The standard InChI is InChI=1S/C16H18N2O4/c19-14-12-7-10(1-2-13(12)22-6-4-17-14)15(20)18-5-3-16(21)8-11(16)9-18/h1-2,7,11,21H,3-6,8-9H2,(H,17,19)/t11-,16+/m0/s1. The summed E-state index contributed by atoms with van der Waals surface area (Å²) in [6.45, 7) is 2.04. The number of aliphatic hydroxyl groups is 1. The van der Waals surface area contributed by atoms with Gasteiger partial charge in [0.15, 0.2) is 0 Å². The molecule has 1 saturated heterocycles. The second-order valence-corrected chi connectivity index (χ2v) is 6.32. The van der Waals surface area contributed by atoms with Crippen molar-refractivity contribution in [3.63, 3.8) is 0 Å². The number of piperidine rings is 1. The van der Waals surface area contributed by atoms with Gasteiger partial charge in [-0.2, -0.15) is 0 Å². The molecule has 2 amide bonds. The largest absolute Gasteiger partial charge is 0.491 e. The summed E-state index contributed by atoms with van der Waals surface area (Å²) in [5, 5.41) is 12.8. The summed E-state index contributed by atoms with van der Waals surface area (Å²) in [5.74, 6) is 0.422. The lowest BCUT2D eigenvalue weighted by Crippen LogP contribution is -2.41. The van der Waals surface area contributed by atoms with Crippen LogP contribution in [0, 0.1) is 5.92 Å². The van der Waals surface area contributed by atoms with Crippen molar-refractivity contribution >= 4 is 11.8 Å². The first-order chi connectivity index (χ1) is 10.6. The molecule has 116 valence electrons. The van der Waals surface area contributed by atoms with E-state index in [0.29, 0.717) is 49.5 Å². The SMILES string of the molecule is O=C1NCCOc2ccc(C(=O)N3CC[C@@]4(O)C[C@H]4C3)cc21.